The zero-order valence-corrected chi connectivity index (χ0v) is 17.7. The van der Waals surface area contributed by atoms with Gasteiger partial charge in [-0.15, -0.1) is 11.8 Å². The number of amides is 2. The van der Waals surface area contributed by atoms with Crippen molar-refractivity contribution in [2.45, 2.75) is 43.9 Å². The van der Waals surface area contributed by atoms with Crippen LogP contribution in [0.5, 0.6) is 0 Å². The molecule has 0 aromatic heterocycles. The highest BCUT2D eigenvalue weighted by Crippen LogP contribution is 2.25. The molecule has 0 saturated carbocycles. The van der Waals surface area contributed by atoms with E-state index in [0.717, 1.165) is 16.3 Å². The van der Waals surface area contributed by atoms with E-state index in [4.69, 9.17) is 0 Å². The zero-order valence-electron chi connectivity index (χ0n) is 16.9. The molecule has 2 atom stereocenters. The van der Waals surface area contributed by atoms with Gasteiger partial charge < -0.3 is 16.0 Å². The molecule has 6 heteroatoms. The Balaban J connectivity index is 1.85. The van der Waals surface area contributed by atoms with Gasteiger partial charge in [-0.3, -0.25) is 9.59 Å². The summed E-state index contributed by atoms with van der Waals surface area (Å²) < 4.78 is 0. The molecule has 0 aliphatic carbocycles. The number of carbonyl (C=O) groups is 2. The summed E-state index contributed by atoms with van der Waals surface area (Å²) in [6, 6.07) is 17.7. The van der Waals surface area contributed by atoms with E-state index in [1.165, 1.54) is 18.7 Å². The largest absolute Gasteiger partial charge is 0.380 e. The molecule has 2 amide bonds. The van der Waals surface area contributed by atoms with Crippen molar-refractivity contribution in [1.82, 2.24) is 5.32 Å². The minimum absolute atomic E-state index is 0.0106. The number of para-hydroxylation sites is 1. The standard InChI is InChI=1S/C22H29N3O2S/c1-15(2)21(25-18-8-6-5-7-9-18)14-23-22(27)16(3)28-20-12-10-19(11-13-20)24-17(4)26/h5-13,15-16,21,25H,14H2,1-4H3,(H,23,27)(H,24,26). The van der Waals surface area contributed by atoms with E-state index >= 15 is 0 Å². The van der Waals surface area contributed by atoms with Crippen molar-refractivity contribution in [2.75, 3.05) is 17.2 Å². The van der Waals surface area contributed by atoms with Crippen molar-refractivity contribution < 1.29 is 9.59 Å². The molecule has 0 aliphatic heterocycles. The number of carbonyl (C=O) groups excluding carboxylic acids is 2. The first-order valence-electron chi connectivity index (χ1n) is 9.48. The topological polar surface area (TPSA) is 70.2 Å². The Morgan fingerprint density at radius 2 is 1.57 bits per heavy atom. The Hall–Kier alpha value is -2.47. The highest BCUT2D eigenvalue weighted by atomic mass is 32.2. The Bertz CT molecular complexity index is 763. The van der Waals surface area contributed by atoms with Crippen LogP contribution in [0, 0.1) is 5.92 Å². The predicted molar refractivity (Wildman–Crippen MR) is 118 cm³/mol. The predicted octanol–water partition coefficient (Wildman–Crippen LogP) is 4.38. The minimum Gasteiger partial charge on any atom is -0.380 e. The molecule has 0 fully saturated rings. The zero-order chi connectivity index (χ0) is 20.5. The van der Waals surface area contributed by atoms with E-state index in [9.17, 15) is 9.59 Å². The van der Waals surface area contributed by atoms with Gasteiger partial charge in [-0.2, -0.15) is 0 Å². The molecule has 0 bridgehead atoms. The molecule has 2 aromatic rings. The van der Waals surface area contributed by atoms with Gasteiger partial charge in [0, 0.05) is 35.8 Å². The van der Waals surface area contributed by atoms with E-state index in [2.05, 4.69) is 29.8 Å². The number of hydrogen-bond donors (Lipinski definition) is 3. The van der Waals surface area contributed by atoms with Gasteiger partial charge in [0.15, 0.2) is 0 Å². The first-order valence-corrected chi connectivity index (χ1v) is 10.4. The third-order valence-corrected chi connectivity index (χ3v) is 5.40. The van der Waals surface area contributed by atoms with E-state index in [-0.39, 0.29) is 23.1 Å². The number of rotatable bonds is 9. The molecule has 0 heterocycles. The van der Waals surface area contributed by atoms with Crippen LogP contribution in [0.1, 0.15) is 27.7 Å². The first kappa shape index (κ1) is 21.8. The average Bonchev–Trinajstić information content (AvgIpc) is 2.66. The highest BCUT2D eigenvalue weighted by molar-refractivity contribution is 8.00. The van der Waals surface area contributed by atoms with Crippen molar-refractivity contribution in [3.8, 4) is 0 Å². The summed E-state index contributed by atoms with van der Waals surface area (Å²) >= 11 is 1.50. The first-order chi connectivity index (χ1) is 13.3. The third kappa shape index (κ3) is 7.27. The molecule has 2 unspecified atom stereocenters. The fourth-order valence-corrected chi connectivity index (χ4v) is 3.53. The number of benzene rings is 2. The Labute approximate surface area is 171 Å². The average molecular weight is 400 g/mol. The molecule has 0 saturated heterocycles. The van der Waals surface area contributed by atoms with Crippen LogP contribution >= 0.6 is 11.8 Å². The van der Waals surface area contributed by atoms with E-state index in [1.807, 2.05) is 61.5 Å². The van der Waals surface area contributed by atoms with Gasteiger partial charge in [0.1, 0.15) is 0 Å². The Kier molecular flexibility index (Phi) is 8.39. The third-order valence-electron chi connectivity index (χ3n) is 4.28. The van der Waals surface area contributed by atoms with Gasteiger partial charge in [-0.1, -0.05) is 32.0 Å². The van der Waals surface area contributed by atoms with Crippen molar-refractivity contribution >= 4 is 35.0 Å². The molecule has 28 heavy (non-hydrogen) atoms. The fourth-order valence-electron chi connectivity index (χ4n) is 2.63. The molecule has 5 nitrogen and oxygen atoms in total. The SMILES string of the molecule is CC(=O)Nc1ccc(SC(C)C(=O)NCC(Nc2ccccc2)C(C)C)cc1. The number of nitrogens with one attached hydrogen (secondary N) is 3. The maximum absolute atomic E-state index is 12.5. The molecule has 2 aromatic carbocycles. The van der Waals surface area contributed by atoms with Crippen LogP contribution in [0.4, 0.5) is 11.4 Å². The Morgan fingerprint density at radius 1 is 0.929 bits per heavy atom. The summed E-state index contributed by atoms with van der Waals surface area (Å²) in [6.45, 7) is 8.23. The van der Waals surface area contributed by atoms with Gasteiger partial charge >= 0.3 is 0 Å². The molecule has 150 valence electrons. The lowest BCUT2D eigenvalue weighted by Crippen LogP contribution is -2.42. The smallest absolute Gasteiger partial charge is 0.233 e. The molecule has 0 spiro atoms. The van der Waals surface area contributed by atoms with Gasteiger partial charge in [0.25, 0.3) is 0 Å². The van der Waals surface area contributed by atoms with Gasteiger partial charge in [-0.05, 0) is 49.2 Å². The molecule has 0 aliphatic rings. The van der Waals surface area contributed by atoms with E-state index in [1.54, 1.807) is 0 Å². The summed E-state index contributed by atoms with van der Waals surface area (Å²) in [7, 11) is 0. The van der Waals surface area contributed by atoms with E-state index < -0.39 is 0 Å². The lowest BCUT2D eigenvalue weighted by atomic mass is 10.0. The second kappa shape index (κ2) is 10.8. The summed E-state index contributed by atoms with van der Waals surface area (Å²) in [5.41, 5.74) is 1.80. The summed E-state index contributed by atoms with van der Waals surface area (Å²) in [5, 5.41) is 9.08. The summed E-state index contributed by atoms with van der Waals surface area (Å²) in [4.78, 5) is 24.6. The van der Waals surface area contributed by atoms with Crippen molar-refractivity contribution in [1.29, 1.82) is 0 Å². The van der Waals surface area contributed by atoms with Crippen LogP contribution in [-0.4, -0.2) is 29.7 Å². The van der Waals surface area contributed by atoms with Gasteiger partial charge in [0.05, 0.1) is 5.25 Å². The molecular formula is C22H29N3O2S. The molecular weight excluding hydrogens is 370 g/mol. The molecule has 2 rings (SSSR count). The lowest BCUT2D eigenvalue weighted by molar-refractivity contribution is -0.120. The van der Waals surface area contributed by atoms with Crippen LogP contribution in [0.3, 0.4) is 0 Å². The van der Waals surface area contributed by atoms with Gasteiger partial charge in [0.2, 0.25) is 11.8 Å². The maximum atomic E-state index is 12.5. The van der Waals surface area contributed by atoms with Crippen LogP contribution in [-0.2, 0) is 9.59 Å². The van der Waals surface area contributed by atoms with Crippen molar-refractivity contribution in [3.05, 3.63) is 54.6 Å². The van der Waals surface area contributed by atoms with Crippen LogP contribution in [0.15, 0.2) is 59.5 Å². The number of hydrogen-bond acceptors (Lipinski definition) is 4. The lowest BCUT2D eigenvalue weighted by Gasteiger charge is -2.24. The van der Waals surface area contributed by atoms with Crippen LogP contribution < -0.4 is 16.0 Å². The monoisotopic (exact) mass is 399 g/mol. The second-order valence-corrected chi connectivity index (χ2v) is 8.49. The normalized spacial score (nSPS) is 12.9. The number of anilines is 2. The fraction of sp³-hybridized carbons (Fsp3) is 0.364. The minimum atomic E-state index is -0.212. The van der Waals surface area contributed by atoms with Crippen LogP contribution in [0.2, 0.25) is 0 Å². The molecule has 0 radical (unpaired) electrons. The van der Waals surface area contributed by atoms with Crippen molar-refractivity contribution in [2.24, 2.45) is 5.92 Å². The number of thioether (sulfide) groups is 1. The van der Waals surface area contributed by atoms with E-state index in [0.29, 0.717) is 12.5 Å². The van der Waals surface area contributed by atoms with Gasteiger partial charge in [-0.25, -0.2) is 0 Å². The van der Waals surface area contributed by atoms with Crippen molar-refractivity contribution in [3.63, 3.8) is 0 Å². The maximum Gasteiger partial charge on any atom is 0.233 e. The quantitative estimate of drug-likeness (QED) is 0.547. The Morgan fingerprint density at radius 3 is 2.14 bits per heavy atom. The van der Waals surface area contributed by atoms with Crippen LogP contribution in [0.25, 0.3) is 0 Å². The summed E-state index contributed by atoms with van der Waals surface area (Å²) in [5.74, 6) is 0.290. The second-order valence-electron chi connectivity index (χ2n) is 7.07. The molecule has 3 N–H and O–H groups in total. The summed E-state index contributed by atoms with van der Waals surface area (Å²) in [6.07, 6.45) is 0. The highest BCUT2D eigenvalue weighted by Gasteiger charge is 2.18.